The van der Waals surface area contributed by atoms with Gasteiger partial charge in [0.2, 0.25) is 0 Å². The number of hydrogen-bond donors (Lipinski definition) is 1. The standard InChI is InChI=1S/C7H9N5/c1-4-3-9-7-5(10-4)6(8)11-12(7)2/h3H,1-2H3,(H2,8,11). The molecule has 62 valence electrons. The lowest BCUT2D eigenvalue weighted by Gasteiger charge is -1.92. The second-order valence-corrected chi connectivity index (χ2v) is 2.69. The van der Waals surface area contributed by atoms with E-state index in [1.54, 1.807) is 17.9 Å². The van der Waals surface area contributed by atoms with Gasteiger partial charge in [-0.3, -0.25) is 0 Å². The Hall–Kier alpha value is -1.65. The van der Waals surface area contributed by atoms with E-state index in [9.17, 15) is 0 Å². The lowest BCUT2D eigenvalue weighted by molar-refractivity contribution is 0.790. The van der Waals surface area contributed by atoms with Gasteiger partial charge < -0.3 is 5.73 Å². The third-order valence-electron chi connectivity index (χ3n) is 1.68. The Morgan fingerprint density at radius 1 is 1.50 bits per heavy atom. The summed E-state index contributed by atoms with van der Waals surface area (Å²) in [4.78, 5) is 8.38. The first kappa shape index (κ1) is 7.02. The zero-order chi connectivity index (χ0) is 8.72. The van der Waals surface area contributed by atoms with Crippen LogP contribution >= 0.6 is 0 Å². The number of nitrogen functional groups attached to an aromatic ring is 1. The van der Waals surface area contributed by atoms with Crippen LogP contribution in [0.1, 0.15) is 5.69 Å². The highest BCUT2D eigenvalue weighted by molar-refractivity contribution is 5.81. The minimum absolute atomic E-state index is 0.434. The molecule has 0 aromatic carbocycles. The number of anilines is 1. The largest absolute Gasteiger partial charge is 0.380 e. The van der Waals surface area contributed by atoms with E-state index < -0.39 is 0 Å². The molecule has 2 rings (SSSR count). The van der Waals surface area contributed by atoms with Gasteiger partial charge in [-0.25, -0.2) is 14.6 Å². The van der Waals surface area contributed by atoms with Crippen LogP contribution in [0.3, 0.4) is 0 Å². The maximum atomic E-state index is 5.61. The van der Waals surface area contributed by atoms with E-state index in [-0.39, 0.29) is 0 Å². The van der Waals surface area contributed by atoms with Crippen molar-refractivity contribution in [3.05, 3.63) is 11.9 Å². The van der Waals surface area contributed by atoms with Gasteiger partial charge in [-0.2, -0.15) is 5.10 Å². The zero-order valence-electron chi connectivity index (χ0n) is 6.94. The molecule has 0 spiro atoms. The van der Waals surface area contributed by atoms with Crippen LogP contribution in [-0.4, -0.2) is 19.7 Å². The van der Waals surface area contributed by atoms with E-state index in [1.807, 2.05) is 6.92 Å². The van der Waals surface area contributed by atoms with Gasteiger partial charge in [-0.15, -0.1) is 0 Å². The summed E-state index contributed by atoms with van der Waals surface area (Å²) in [5, 5.41) is 4.00. The fourth-order valence-electron chi connectivity index (χ4n) is 1.14. The van der Waals surface area contributed by atoms with Crippen LogP contribution in [0.2, 0.25) is 0 Å². The van der Waals surface area contributed by atoms with Crippen LogP contribution in [-0.2, 0) is 7.05 Å². The zero-order valence-corrected chi connectivity index (χ0v) is 6.94. The summed E-state index contributed by atoms with van der Waals surface area (Å²) >= 11 is 0. The molecule has 5 nitrogen and oxygen atoms in total. The van der Waals surface area contributed by atoms with Gasteiger partial charge in [-0.05, 0) is 6.92 Å². The molecule has 2 N–H and O–H groups in total. The van der Waals surface area contributed by atoms with Crippen molar-refractivity contribution in [3.8, 4) is 0 Å². The van der Waals surface area contributed by atoms with Crippen molar-refractivity contribution in [2.24, 2.45) is 7.05 Å². The molecule has 2 heterocycles. The number of aryl methyl sites for hydroxylation is 2. The smallest absolute Gasteiger partial charge is 0.178 e. The van der Waals surface area contributed by atoms with Gasteiger partial charge in [-0.1, -0.05) is 0 Å². The highest BCUT2D eigenvalue weighted by Gasteiger charge is 2.07. The topological polar surface area (TPSA) is 69.6 Å². The van der Waals surface area contributed by atoms with E-state index in [2.05, 4.69) is 15.1 Å². The molecule has 0 aliphatic rings. The van der Waals surface area contributed by atoms with Crippen molar-refractivity contribution in [1.82, 2.24) is 19.7 Å². The molecule has 0 radical (unpaired) electrons. The Bertz CT molecular complexity index is 431. The van der Waals surface area contributed by atoms with Crippen LogP contribution < -0.4 is 5.73 Å². The molecular formula is C7H9N5. The number of fused-ring (bicyclic) bond motifs is 1. The summed E-state index contributed by atoms with van der Waals surface area (Å²) in [5.41, 5.74) is 7.86. The molecule has 12 heavy (non-hydrogen) atoms. The third-order valence-corrected chi connectivity index (χ3v) is 1.68. The van der Waals surface area contributed by atoms with Crippen LogP contribution in [0, 0.1) is 6.92 Å². The van der Waals surface area contributed by atoms with Crippen LogP contribution in [0.15, 0.2) is 6.20 Å². The van der Waals surface area contributed by atoms with Gasteiger partial charge in [0.25, 0.3) is 0 Å². The first-order valence-corrected chi connectivity index (χ1v) is 3.60. The molecular weight excluding hydrogens is 154 g/mol. The average Bonchev–Trinajstić information content (AvgIpc) is 2.28. The highest BCUT2D eigenvalue weighted by Crippen LogP contribution is 2.14. The lowest BCUT2D eigenvalue weighted by Crippen LogP contribution is -1.92. The number of rotatable bonds is 0. The Labute approximate surface area is 69.2 Å². The van der Waals surface area contributed by atoms with Crippen LogP contribution in [0.4, 0.5) is 5.82 Å². The van der Waals surface area contributed by atoms with Crippen molar-refractivity contribution in [2.45, 2.75) is 6.92 Å². The van der Waals surface area contributed by atoms with Crippen molar-refractivity contribution in [3.63, 3.8) is 0 Å². The molecule has 0 saturated carbocycles. The predicted octanol–water partition coefficient (Wildman–Crippen LogP) is 0.254. The normalized spacial score (nSPS) is 10.8. The monoisotopic (exact) mass is 163 g/mol. The van der Waals surface area contributed by atoms with E-state index in [0.29, 0.717) is 11.3 Å². The Kier molecular flexibility index (Phi) is 1.27. The fourth-order valence-corrected chi connectivity index (χ4v) is 1.14. The van der Waals surface area contributed by atoms with Gasteiger partial charge in [0.05, 0.1) is 11.9 Å². The number of nitrogens with zero attached hydrogens (tertiary/aromatic N) is 4. The second kappa shape index (κ2) is 2.17. The van der Waals surface area contributed by atoms with Crippen LogP contribution in [0.5, 0.6) is 0 Å². The molecule has 2 aromatic heterocycles. The van der Waals surface area contributed by atoms with Crippen molar-refractivity contribution < 1.29 is 0 Å². The maximum Gasteiger partial charge on any atom is 0.178 e. The first-order valence-electron chi connectivity index (χ1n) is 3.60. The predicted molar refractivity (Wildman–Crippen MR) is 45.5 cm³/mol. The van der Waals surface area contributed by atoms with E-state index in [4.69, 9.17) is 5.73 Å². The summed E-state index contributed by atoms with van der Waals surface area (Å²) < 4.78 is 1.62. The van der Waals surface area contributed by atoms with E-state index in [1.165, 1.54) is 0 Å². The molecule has 0 fully saturated rings. The molecule has 0 atom stereocenters. The Morgan fingerprint density at radius 3 is 3.00 bits per heavy atom. The summed E-state index contributed by atoms with van der Waals surface area (Å²) in [5.74, 6) is 0.434. The lowest BCUT2D eigenvalue weighted by atomic mass is 10.4. The molecule has 2 aromatic rings. The minimum Gasteiger partial charge on any atom is -0.380 e. The fraction of sp³-hybridized carbons (Fsp3) is 0.286. The van der Waals surface area contributed by atoms with Gasteiger partial charge in [0.15, 0.2) is 17.0 Å². The van der Waals surface area contributed by atoms with Crippen LogP contribution in [0.25, 0.3) is 11.2 Å². The Balaban J connectivity index is 2.90. The minimum atomic E-state index is 0.434. The van der Waals surface area contributed by atoms with Crippen molar-refractivity contribution >= 4 is 17.0 Å². The summed E-state index contributed by atoms with van der Waals surface area (Å²) in [6.07, 6.45) is 1.70. The maximum absolute atomic E-state index is 5.61. The number of nitrogens with two attached hydrogens (primary N) is 1. The molecule has 0 amide bonds. The van der Waals surface area contributed by atoms with Gasteiger partial charge in [0, 0.05) is 7.05 Å². The summed E-state index contributed by atoms with van der Waals surface area (Å²) in [7, 11) is 1.79. The van der Waals surface area contributed by atoms with Gasteiger partial charge in [0.1, 0.15) is 0 Å². The average molecular weight is 163 g/mol. The molecule has 0 aliphatic carbocycles. The third kappa shape index (κ3) is 0.827. The van der Waals surface area contributed by atoms with E-state index >= 15 is 0 Å². The summed E-state index contributed by atoms with van der Waals surface area (Å²) in [6, 6.07) is 0. The summed E-state index contributed by atoms with van der Waals surface area (Å²) in [6.45, 7) is 1.87. The number of hydrogen-bond acceptors (Lipinski definition) is 4. The Morgan fingerprint density at radius 2 is 2.25 bits per heavy atom. The first-order chi connectivity index (χ1) is 5.68. The quantitative estimate of drug-likeness (QED) is 0.604. The van der Waals surface area contributed by atoms with Crippen molar-refractivity contribution in [2.75, 3.05) is 5.73 Å². The molecule has 0 aliphatic heterocycles. The SMILES string of the molecule is Cc1cnc2c(n1)c(N)nn2C. The molecule has 5 heteroatoms. The van der Waals surface area contributed by atoms with Crippen molar-refractivity contribution in [1.29, 1.82) is 0 Å². The highest BCUT2D eigenvalue weighted by atomic mass is 15.3. The molecule has 0 saturated heterocycles. The second-order valence-electron chi connectivity index (χ2n) is 2.69. The number of aromatic nitrogens is 4. The molecule has 0 unspecified atom stereocenters. The van der Waals surface area contributed by atoms with Gasteiger partial charge >= 0.3 is 0 Å². The molecule has 0 bridgehead atoms. The van der Waals surface area contributed by atoms with E-state index in [0.717, 1.165) is 11.3 Å².